The molecule has 1 amide bonds. The van der Waals surface area contributed by atoms with Gasteiger partial charge in [0.05, 0.1) is 0 Å². The van der Waals surface area contributed by atoms with E-state index in [2.05, 4.69) is 9.97 Å². The first-order chi connectivity index (χ1) is 14.1. The van der Waals surface area contributed by atoms with Gasteiger partial charge in [0.25, 0.3) is 11.5 Å². The summed E-state index contributed by atoms with van der Waals surface area (Å²) in [6.07, 6.45) is 1.84. The van der Waals surface area contributed by atoms with Gasteiger partial charge >= 0.3 is 5.69 Å². The number of hydrogen-bond donors (Lipinski definition) is 3. The minimum atomic E-state index is -0.996. The van der Waals surface area contributed by atoms with Crippen molar-refractivity contribution in [2.45, 2.75) is 58.5 Å². The van der Waals surface area contributed by atoms with Crippen molar-refractivity contribution in [2.24, 2.45) is 0 Å². The second-order valence-corrected chi connectivity index (χ2v) is 8.64. The number of aromatic hydroxyl groups is 1. The zero-order valence-electron chi connectivity index (χ0n) is 17.7. The smallest absolute Gasteiger partial charge is 0.325 e. The van der Waals surface area contributed by atoms with E-state index in [0.717, 1.165) is 22.3 Å². The first kappa shape index (κ1) is 20.3. The lowest BCUT2D eigenvalue weighted by atomic mass is 9.86. The van der Waals surface area contributed by atoms with Crippen molar-refractivity contribution in [3.8, 4) is 11.5 Å². The molecule has 1 aromatic heterocycles. The molecule has 2 unspecified atom stereocenters. The zero-order chi connectivity index (χ0) is 21.8. The van der Waals surface area contributed by atoms with Crippen molar-refractivity contribution in [2.75, 3.05) is 13.1 Å². The molecule has 3 N–H and O–H groups in total. The predicted molar refractivity (Wildman–Crippen MR) is 111 cm³/mol. The second-order valence-electron chi connectivity index (χ2n) is 8.64. The summed E-state index contributed by atoms with van der Waals surface area (Å²) < 4.78 is 6.31. The third-order valence-corrected chi connectivity index (χ3v) is 6.67. The van der Waals surface area contributed by atoms with Crippen LogP contribution in [0.1, 0.15) is 53.6 Å². The fourth-order valence-electron chi connectivity index (χ4n) is 4.64. The number of ether oxygens (including phenoxy) is 1. The van der Waals surface area contributed by atoms with Gasteiger partial charge in [-0.25, -0.2) is 4.79 Å². The number of phenols is 1. The SMILES string of the molecule is Cc1c(C)c2c(c(C)c1O)CCC(C)(C(=O)N1CCC(c3cc(=O)[nH]c(=O)[nH]3)C1)O2. The number of aromatic nitrogens is 2. The van der Waals surface area contributed by atoms with Gasteiger partial charge in [-0.2, -0.15) is 0 Å². The van der Waals surface area contributed by atoms with E-state index >= 15 is 0 Å². The molecule has 8 nitrogen and oxygen atoms in total. The maximum atomic E-state index is 13.4. The van der Waals surface area contributed by atoms with Crippen LogP contribution in [0, 0.1) is 20.8 Å². The molecule has 2 aliphatic heterocycles. The molecule has 160 valence electrons. The Kier molecular flexibility index (Phi) is 4.75. The highest BCUT2D eigenvalue weighted by atomic mass is 16.5. The summed E-state index contributed by atoms with van der Waals surface area (Å²) in [7, 11) is 0. The summed E-state index contributed by atoms with van der Waals surface area (Å²) in [6, 6.07) is 1.39. The number of phenolic OH excluding ortho intramolecular Hbond substituents is 1. The van der Waals surface area contributed by atoms with Crippen molar-refractivity contribution in [3.05, 3.63) is 54.9 Å². The van der Waals surface area contributed by atoms with Gasteiger partial charge in [-0.15, -0.1) is 0 Å². The molecule has 2 atom stereocenters. The molecular formula is C22H27N3O5. The number of carbonyl (C=O) groups is 1. The van der Waals surface area contributed by atoms with Crippen LogP contribution in [0.5, 0.6) is 11.5 Å². The van der Waals surface area contributed by atoms with E-state index in [-0.39, 0.29) is 11.8 Å². The monoisotopic (exact) mass is 413 g/mol. The number of benzene rings is 1. The van der Waals surface area contributed by atoms with Crippen molar-refractivity contribution < 1.29 is 14.6 Å². The fraction of sp³-hybridized carbons (Fsp3) is 0.500. The Morgan fingerprint density at radius 1 is 1.20 bits per heavy atom. The maximum absolute atomic E-state index is 13.4. The Morgan fingerprint density at radius 2 is 1.93 bits per heavy atom. The van der Waals surface area contributed by atoms with Crippen LogP contribution in [0.25, 0.3) is 0 Å². The van der Waals surface area contributed by atoms with Crippen molar-refractivity contribution >= 4 is 5.91 Å². The van der Waals surface area contributed by atoms with Gasteiger partial charge in [0.15, 0.2) is 5.60 Å². The summed E-state index contributed by atoms with van der Waals surface area (Å²) in [5.74, 6) is 0.802. The van der Waals surface area contributed by atoms with E-state index in [4.69, 9.17) is 4.74 Å². The molecule has 3 heterocycles. The molecule has 1 fully saturated rings. The lowest BCUT2D eigenvalue weighted by molar-refractivity contribution is -0.147. The third kappa shape index (κ3) is 3.20. The van der Waals surface area contributed by atoms with E-state index in [9.17, 15) is 19.5 Å². The van der Waals surface area contributed by atoms with Gasteiger partial charge in [-0.3, -0.25) is 14.6 Å². The Morgan fingerprint density at radius 3 is 2.63 bits per heavy atom. The normalized spacial score (nSPS) is 23.2. The first-order valence-corrected chi connectivity index (χ1v) is 10.2. The number of likely N-dealkylation sites (tertiary alicyclic amines) is 1. The molecule has 0 aliphatic carbocycles. The third-order valence-electron chi connectivity index (χ3n) is 6.67. The van der Waals surface area contributed by atoms with Crippen molar-refractivity contribution in [1.82, 2.24) is 14.9 Å². The highest BCUT2D eigenvalue weighted by Crippen LogP contribution is 2.44. The molecule has 0 saturated carbocycles. The van der Waals surface area contributed by atoms with E-state index in [1.807, 2.05) is 27.7 Å². The highest BCUT2D eigenvalue weighted by molar-refractivity contribution is 5.86. The number of rotatable bonds is 2. The van der Waals surface area contributed by atoms with Crippen LogP contribution in [-0.2, 0) is 11.2 Å². The van der Waals surface area contributed by atoms with Crippen LogP contribution >= 0.6 is 0 Å². The molecule has 4 rings (SSSR count). The van der Waals surface area contributed by atoms with Crippen molar-refractivity contribution in [3.63, 3.8) is 0 Å². The Labute approximate surface area is 173 Å². The van der Waals surface area contributed by atoms with Crippen LogP contribution in [0.3, 0.4) is 0 Å². The molecule has 0 radical (unpaired) electrons. The minimum Gasteiger partial charge on any atom is -0.507 e. The highest BCUT2D eigenvalue weighted by Gasteiger charge is 2.44. The molecule has 2 aliphatic rings. The molecule has 0 bridgehead atoms. The zero-order valence-corrected chi connectivity index (χ0v) is 17.7. The minimum absolute atomic E-state index is 0.0911. The fourth-order valence-corrected chi connectivity index (χ4v) is 4.64. The van der Waals surface area contributed by atoms with E-state index in [1.54, 1.807) is 4.90 Å². The number of fused-ring (bicyclic) bond motifs is 1. The molecule has 30 heavy (non-hydrogen) atoms. The number of H-pyrrole nitrogens is 2. The summed E-state index contributed by atoms with van der Waals surface area (Å²) in [5, 5.41) is 10.4. The standard InChI is InChI=1S/C22H27N3O5/c1-11-12(2)19-15(13(3)18(11)27)5-7-22(4,30-19)20(28)25-8-6-14(10-25)16-9-17(26)24-21(29)23-16/h9,14,27H,5-8,10H2,1-4H3,(H2,23,24,26,29). The second kappa shape index (κ2) is 7.04. The van der Waals surface area contributed by atoms with Gasteiger partial charge in [-0.1, -0.05) is 0 Å². The molecule has 1 aromatic carbocycles. The summed E-state index contributed by atoms with van der Waals surface area (Å²) in [4.78, 5) is 43.2. The number of hydrogen-bond acceptors (Lipinski definition) is 5. The van der Waals surface area contributed by atoms with Crippen LogP contribution in [0.4, 0.5) is 0 Å². The Bertz CT molecular complexity index is 1120. The quantitative estimate of drug-likeness (QED) is 0.694. The maximum Gasteiger partial charge on any atom is 0.325 e. The largest absolute Gasteiger partial charge is 0.507 e. The average Bonchev–Trinajstić information content (AvgIpc) is 3.19. The predicted octanol–water partition coefficient (Wildman–Crippen LogP) is 1.79. The summed E-state index contributed by atoms with van der Waals surface area (Å²) in [5.41, 5.74) is 1.96. The van der Waals surface area contributed by atoms with Gasteiger partial charge in [0.1, 0.15) is 11.5 Å². The van der Waals surface area contributed by atoms with Gasteiger partial charge in [0, 0.05) is 42.8 Å². The molecular weight excluding hydrogens is 386 g/mol. The number of carbonyl (C=O) groups excluding carboxylic acids is 1. The van der Waals surface area contributed by atoms with Crippen LogP contribution in [0.15, 0.2) is 15.7 Å². The number of nitrogens with zero attached hydrogens (tertiary/aromatic N) is 1. The van der Waals surface area contributed by atoms with Gasteiger partial charge in [-0.05, 0) is 57.2 Å². The van der Waals surface area contributed by atoms with E-state index < -0.39 is 16.9 Å². The van der Waals surface area contributed by atoms with E-state index in [0.29, 0.717) is 49.5 Å². The first-order valence-electron chi connectivity index (χ1n) is 10.2. The molecule has 8 heteroatoms. The van der Waals surface area contributed by atoms with Crippen LogP contribution < -0.4 is 16.0 Å². The summed E-state index contributed by atoms with van der Waals surface area (Å²) in [6.45, 7) is 8.41. The van der Waals surface area contributed by atoms with Gasteiger partial charge in [0.2, 0.25) is 0 Å². The van der Waals surface area contributed by atoms with Crippen molar-refractivity contribution in [1.29, 1.82) is 0 Å². The number of amides is 1. The lowest BCUT2D eigenvalue weighted by Crippen LogP contribution is -2.52. The topological polar surface area (TPSA) is 115 Å². The Balaban J connectivity index is 1.57. The van der Waals surface area contributed by atoms with Crippen LogP contribution in [-0.4, -0.2) is 44.6 Å². The van der Waals surface area contributed by atoms with Gasteiger partial charge < -0.3 is 19.7 Å². The van der Waals surface area contributed by atoms with Crippen LogP contribution in [0.2, 0.25) is 0 Å². The van der Waals surface area contributed by atoms with E-state index in [1.165, 1.54) is 6.07 Å². The molecule has 0 spiro atoms. The number of nitrogens with one attached hydrogen (secondary N) is 2. The average molecular weight is 413 g/mol. The molecule has 2 aromatic rings. The lowest BCUT2D eigenvalue weighted by Gasteiger charge is -2.38. The Hall–Kier alpha value is -3.03. The molecule has 1 saturated heterocycles. The summed E-state index contributed by atoms with van der Waals surface area (Å²) >= 11 is 0. The number of aromatic amines is 2.